The van der Waals surface area contributed by atoms with Crippen LogP contribution in [-0.2, 0) is 0 Å². The predicted octanol–water partition coefficient (Wildman–Crippen LogP) is 2.39. The summed E-state index contributed by atoms with van der Waals surface area (Å²) < 4.78 is 0. The third-order valence-corrected chi connectivity index (χ3v) is 4.60. The van der Waals surface area contributed by atoms with E-state index in [2.05, 4.69) is 44.1 Å². The van der Waals surface area contributed by atoms with Crippen LogP contribution in [0.1, 0.15) is 46.5 Å². The zero-order valence-corrected chi connectivity index (χ0v) is 12.2. The van der Waals surface area contributed by atoms with Crippen LogP contribution in [-0.4, -0.2) is 36.1 Å². The molecule has 0 aromatic heterocycles. The van der Waals surface area contributed by atoms with Gasteiger partial charge in [-0.05, 0) is 58.4 Å². The van der Waals surface area contributed by atoms with Gasteiger partial charge in [0.25, 0.3) is 0 Å². The molecule has 2 aliphatic carbocycles. The molecule has 18 heavy (non-hydrogen) atoms. The third kappa shape index (κ3) is 3.70. The molecule has 0 aromatic carbocycles. The molecular weight excluding hydrogens is 222 g/mol. The van der Waals surface area contributed by atoms with Crippen molar-refractivity contribution in [2.75, 3.05) is 13.6 Å². The summed E-state index contributed by atoms with van der Waals surface area (Å²) in [4.78, 5) is 2.43. The van der Waals surface area contributed by atoms with E-state index in [0.717, 1.165) is 18.3 Å². The molecule has 2 aliphatic rings. The van der Waals surface area contributed by atoms with Crippen LogP contribution < -0.4 is 5.32 Å². The lowest BCUT2D eigenvalue weighted by Gasteiger charge is -2.32. The topological polar surface area (TPSA) is 39.1 Å². The maximum absolute atomic E-state index is 9.40. The number of rotatable bonds is 7. The molecule has 2 saturated carbocycles. The van der Waals surface area contributed by atoms with Gasteiger partial charge in [0.1, 0.15) is 5.54 Å². The predicted molar refractivity (Wildman–Crippen MR) is 74.2 cm³/mol. The van der Waals surface area contributed by atoms with Crippen LogP contribution in [0.2, 0.25) is 0 Å². The summed E-state index contributed by atoms with van der Waals surface area (Å²) in [7, 11) is 2.20. The molecule has 0 aliphatic heterocycles. The normalized spacial score (nSPS) is 31.8. The second kappa shape index (κ2) is 5.19. The highest BCUT2D eigenvalue weighted by molar-refractivity contribution is 5.08. The molecule has 0 bridgehead atoms. The summed E-state index contributed by atoms with van der Waals surface area (Å²) in [5.41, 5.74) is -0.357. The van der Waals surface area contributed by atoms with Crippen molar-refractivity contribution in [3.63, 3.8) is 0 Å². The highest BCUT2D eigenvalue weighted by Crippen LogP contribution is 2.38. The van der Waals surface area contributed by atoms with Gasteiger partial charge in [0.05, 0.1) is 6.07 Å². The monoisotopic (exact) mass is 249 g/mol. The van der Waals surface area contributed by atoms with Crippen molar-refractivity contribution in [3.05, 3.63) is 0 Å². The quantitative estimate of drug-likeness (QED) is 0.753. The molecule has 4 atom stereocenters. The van der Waals surface area contributed by atoms with Gasteiger partial charge in [0.2, 0.25) is 0 Å². The first-order chi connectivity index (χ1) is 8.43. The van der Waals surface area contributed by atoms with Crippen molar-refractivity contribution in [3.8, 4) is 6.07 Å². The summed E-state index contributed by atoms with van der Waals surface area (Å²) in [6.45, 7) is 7.82. The van der Waals surface area contributed by atoms with E-state index in [1.807, 2.05) is 0 Å². The van der Waals surface area contributed by atoms with Gasteiger partial charge in [-0.3, -0.25) is 5.32 Å². The second-order valence-electron chi connectivity index (χ2n) is 6.83. The van der Waals surface area contributed by atoms with Crippen LogP contribution in [0.5, 0.6) is 0 Å². The van der Waals surface area contributed by atoms with Crippen molar-refractivity contribution in [2.45, 2.75) is 64.1 Å². The molecule has 0 amide bonds. The maximum atomic E-state index is 9.40. The van der Waals surface area contributed by atoms with Crippen molar-refractivity contribution in [1.82, 2.24) is 10.2 Å². The van der Waals surface area contributed by atoms with Gasteiger partial charge >= 0.3 is 0 Å². The maximum Gasteiger partial charge on any atom is 0.105 e. The van der Waals surface area contributed by atoms with E-state index in [1.165, 1.54) is 25.8 Å². The summed E-state index contributed by atoms with van der Waals surface area (Å²) in [6.07, 6.45) is 4.77. The lowest BCUT2D eigenvalue weighted by molar-refractivity contribution is 0.203. The minimum absolute atomic E-state index is 0.357. The van der Waals surface area contributed by atoms with E-state index in [0.29, 0.717) is 12.1 Å². The van der Waals surface area contributed by atoms with Gasteiger partial charge in [-0.15, -0.1) is 0 Å². The number of nitriles is 1. The highest BCUT2D eigenvalue weighted by Gasteiger charge is 2.37. The van der Waals surface area contributed by atoms with Gasteiger partial charge in [0, 0.05) is 18.6 Å². The fourth-order valence-corrected chi connectivity index (χ4v) is 2.77. The summed E-state index contributed by atoms with van der Waals surface area (Å²) in [5, 5.41) is 12.9. The van der Waals surface area contributed by atoms with Gasteiger partial charge in [-0.2, -0.15) is 5.26 Å². The van der Waals surface area contributed by atoms with E-state index in [9.17, 15) is 5.26 Å². The van der Waals surface area contributed by atoms with E-state index in [4.69, 9.17) is 0 Å². The SMILES string of the molecule is CC1CC1CN(C)C(C)CC(C)(C#N)NC1CC1. The van der Waals surface area contributed by atoms with Crippen LogP contribution in [0.3, 0.4) is 0 Å². The Morgan fingerprint density at radius 1 is 1.50 bits per heavy atom. The summed E-state index contributed by atoms with van der Waals surface area (Å²) >= 11 is 0. The molecule has 2 rings (SSSR count). The van der Waals surface area contributed by atoms with Crippen LogP contribution in [0.15, 0.2) is 0 Å². The number of nitrogens with zero attached hydrogens (tertiary/aromatic N) is 2. The van der Waals surface area contributed by atoms with Gasteiger partial charge < -0.3 is 4.90 Å². The Labute approximate surface area is 112 Å². The van der Waals surface area contributed by atoms with Crippen molar-refractivity contribution in [1.29, 1.82) is 5.26 Å². The number of nitrogens with one attached hydrogen (secondary N) is 1. The Morgan fingerprint density at radius 3 is 2.56 bits per heavy atom. The lowest BCUT2D eigenvalue weighted by atomic mass is 9.94. The lowest BCUT2D eigenvalue weighted by Crippen LogP contribution is -2.47. The molecule has 4 unspecified atom stereocenters. The molecule has 3 nitrogen and oxygen atoms in total. The Hall–Kier alpha value is -0.590. The molecule has 0 heterocycles. The van der Waals surface area contributed by atoms with Crippen LogP contribution in [0, 0.1) is 23.2 Å². The molecule has 0 saturated heterocycles. The fourth-order valence-electron chi connectivity index (χ4n) is 2.77. The Kier molecular flexibility index (Phi) is 3.99. The van der Waals surface area contributed by atoms with Crippen molar-refractivity contribution >= 4 is 0 Å². The van der Waals surface area contributed by atoms with E-state index in [1.54, 1.807) is 0 Å². The molecule has 0 spiro atoms. The molecule has 2 fully saturated rings. The first-order valence-electron chi connectivity index (χ1n) is 7.32. The van der Waals surface area contributed by atoms with E-state index < -0.39 is 0 Å². The van der Waals surface area contributed by atoms with Gasteiger partial charge in [-0.25, -0.2) is 0 Å². The van der Waals surface area contributed by atoms with E-state index in [-0.39, 0.29) is 5.54 Å². The standard InChI is InChI=1S/C15H27N3/c1-11-7-13(11)9-18(4)12(2)8-15(3,10-16)17-14-5-6-14/h11-14,17H,5-9H2,1-4H3. The Morgan fingerprint density at radius 2 is 2.11 bits per heavy atom. The van der Waals surface area contributed by atoms with Gasteiger partial charge in [-0.1, -0.05) is 6.92 Å². The molecular formula is C15H27N3. The first kappa shape index (κ1) is 13.8. The van der Waals surface area contributed by atoms with Crippen LogP contribution in [0.25, 0.3) is 0 Å². The highest BCUT2D eigenvalue weighted by atomic mass is 15.1. The molecule has 0 aromatic rings. The minimum atomic E-state index is -0.357. The average Bonchev–Trinajstić information content (AvgIpc) is 3.20. The Balaban J connectivity index is 1.80. The summed E-state index contributed by atoms with van der Waals surface area (Å²) in [5.74, 6) is 1.80. The average molecular weight is 249 g/mol. The zero-order valence-electron chi connectivity index (χ0n) is 12.2. The molecule has 1 N–H and O–H groups in total. The smallest absolute Gasteiger partial charge is 0.105 e. The molecule has 3 heteroatoms. The molecule has 102 valence electrons. The zero-order chi connectivity index (χ0) is 13.3. The van der Waals surface area contributed by atoms with Crippen molar-refractivity contribution < 1.29 is 0 Å². The van der Waals surface area contributed by atoms with Crippen LogP contribution in [0.4, 0.5) is 0 Å². The van der Waals surface area contributed by atoms with Crippen LogP contribution >= 0.6 is 0 Å². The van der Waals surface area contributed by atoms with Crippen molar-refractivity contribution in [2.24, 2.45) is 11.8 Å². The minimum Gasteiger partial charge on any atom is -0.303 e. The largest absolute Gasteiger partial charge is 0.303 e. The summed E-state index contributed by atoms with van der Waals surface area (Å²) in [6, 6.07) is 3.54. The van der Waals surface area contributed by atoms with Gasteiger partial charge in [0.15, 0.2) is 0 Å². The third-order valence-electron chi connectivity index (χ3n) is 4.60. The van der Waals surface area contributed by atoms with E-state index >= 15 is 0 Å². The fraction of sp³-hybridized carbons (Fsp3) is 0.933. The first-order valence-corrected chi connectivity index (χ1v) is 7.32. The second-order valence-corrected chi connectivity index (χ2v) is 6.83. The molecule has 0 radical (unpaired) electrons. The Bertz CT molecular complexity index is 331. The number of hydrogen-bond acceptors (Lipinski definition) is 3. The number of hydrogen-bond donors (Lipinski definition) is 1.